The van der Waals surface area contributed by atoms with Gasteiger partial charge in [-0.15, -0.1) is 0 Å². The number of anilines is 1. The van der Waals surface area contributed by atoms with Gasteiger partial charge in [-0.1, -0.05) is 48.5 Å². The van der Waals surface area contributed by atoms with E-state index in [0.717, 1.165) is 11.8 Å². The van der Waals surface area contributed by atoms with Gasteiger partial charge in [0.1, 0.15) is 11.3 Å². The molecule has 2 atom stereocenters. The molecule has 2 heterocycles. The Kier molecular flexibility index (Phi) is 3.78. The Bertz CT molecular complexity index is 1260. The van der Waals surface area contributed by atoms with Crippen molar-refractivity contribution in [2.24, 2.45) is 5.10 Å². The molecule has 0 saturated carbocycles. The first kappa shape index (κ1) is 17.6. The first-order valence-corrected chi connectivity index (χ1v) is 10.5. The lowest BCUT2D eigenvalue weighted by atomic mass is 9.98. The molecule has 0 saturated heterocycles. The van der Waals surface area contributed by atoms with E-state index in [0.29, 0.717) is 16.8 Å². The average Bonchev–Trinajstić information content (AvgIpc) is 3.25. The zero-order valence-electron chi connectivity index (χ0n) is 15.0. The molecule has 0 aliphatic carbocycles. The number of para-hydroxylation sites is 1. The van der Waals surface area contributed by atoms with Crippen molar-refractivity contribution in [3.8, 4) is 0 Å². The second-order valence-electron chi connectivity index (χ2n) is 6.92. The Balaban J connectivity index is 1.75. The van der Waals surface area contributed by atoms with Crippen molar-refractivity contribution in [1.29, 1.82) is 0 Å². The molecule has 2 aliphatic heterocycles. The molecule has 0 amide bonds. The van der Waals surface area contributed by atoms with E-state index in [2.05, 4.69) is 0 Å². The monoisotopic (exact) mass is 405 g/mol. The summed E-state index contributed by atoms with van der Waals surface area (Å²) in [5, 5.41) is 16.7. The maximum Gasteiger partial charge on any atom is 0.270 e. The van der Waals surface area contributed by atoms with Crippen LogP contribution in [-0.2, 0) is 9.84 Å². The van der Waals surface area contributed by atoms with E-state index in [1.54, 1.807) is 5.01 Å². The quantitative estimate of drug-likeness (QED) is 0.489. The molecule has 7 nitrogen and oxygen atoms in total. The van der Waals surface area contributed by atoms with Crippen molar-refractivity contribution in [3.63, 3.8) is 0 Å². The summed E-state index contributed by atoms with van der Waals surface area (Å²) in [5.41, 5.74) is 2.20. The van der Waals surface area contributed by atoms with E-state index in [-0.39, 0.29) is 10.6 Å². The number of hydrazone groups is 1. The van der Waals surface area contributed by atoms with E-state index in [9.17, 15) is 18.5 Å². The Morgan fingerprint density at radius 2 is 1.59 bits per heavy atom. The van der Waals surface area contributed by atoms with Gasteiger partial charge < -0.3 is 0 Å². The van der Waals surface area contributed by atoms with E-state index in [1.807, 2.05) is 60.7 Å². The molecule has 2 unspecified atom stereocenters. The summed E-state index contributed by atoms with van der Waals surface area (Å²) in [4.78, 5) is 10.6. The molecule has 2 aliphatic rings. The van der Waals surface area contributed by atoms with Crippen molar-refractivity contribution < 1.29 is 13.3 Å². The van der Waals surface area contributed by atoms with Gasteiger partial charge in [-0.2, -0.15) is 5.10 Å². The minimum Gasteiger partial charge on any atom is -0.258 e. The van der Waals surface area contributed by atoms with Crippen LogP contribution in [0.15, 0.2) is 88.9 Å². The molecule has 8 heteroatoms. The molecule has 3 aromatic rings. The lowest BCUT2D eigenvalue weighted by Gasteiger charge is -2.23. The van der Waals surface area contributed by atoms with Crippen LogP contribution in [0.2, 0.25) is 0 Å². The number of rotatable bonds is 3. The maximum absolute atomic E-state index is 13.5. The molecule has 5 rings (SSSR count). The van der Waals surface area contributed by atoms with E-state index in [4.69, 9.17) is 5.10 Å². The van der Waals surface area contributed by atoms with Gasteiger partial charge >= 0.3 is 0 Å². The predicted molar refractivity (Wildman–Crippen MR) is 109 cm³/mol. The molecule has 0 fully saturated rings. The number of sulfone groups is 1. The van der Waals surface area contributed by atoms with Gasteiger partial charge in [0.25, 0.3) is 5.69 Å². The fraction of sp³-hybridized carbons (Fsp3) is 0.0952. The number of hydrogen-bond acceptors (Lipinski definition) is 6. The molecule has 0 radical (unpaired) electrons. The Morgan fingerprint density at radius 1 is 0.931 bits per heavy atom. The van der Waals surface area contributed by atoms with E-state index >= 15 is 0 Å². The lowest BCUT2D eigenvalue weighted by molar-refractivity contribution is -0.385. The molecule has 0 N–H and O–H groups in total. The molecular formula is C21H15N3O4S. The molecule has 0 spiro atoms. The second-order valence-corrected chi connectivity index (χ2v) is 8.96. The summed E-state index contributed by atoms with van der Waals surface area (Å²) in [6, 6.07) is 22.0. The molecule has 0 bridgehead atoms. The molecular weight excluding hydrogens is 390 g/mol. The molecule has 29 heavy (non-hydrogen) atoms. The fourth-order valence-corrected chi connectivity index (χ4v) is 6.17. The van der Waals surface area contributed by atoms with Crippen LogP contribution in [-0.4, -0.2) is 24.3 Å². The minimum absolute atomic E-state index is 0.00552. The average molecular weight is 405 g/mol. The number of fused-ring (bicyclic) bond motifs is 3. The van der Waals surface area contributed by atoms with Crippen LogP contribution >= 0.6 is 0 Å². The van der Waals surface area contributed by atoms with Crippen LogP contribution in [0.1, 0.15) is 17.2 Å². The minimum atomic E-state index is -3.85. The summed E-state index contributed by atoms with van der Waals surface area (Å²) in [5.74, 6) is 0. The van der Waals surface area contributed by atoms with Gasteiger partial charge in [0.2, 0.25) is 0 Å². The van der Waals surface area contributed by atoms with Crippen molar-refractivity contribution >= 4 is 26.9 Å². The highest BCUT2D eigenvalue weighted by atomic mass is 32.2. The predicted octanol–water partition coefficient (Wildman–Crippen LogP) is 3.72. The Morgan fingerprint density at radius 3 is 2.24 bits per heavy atom. The highest BCUT2D eigenvalue weighted by molar-refractivity contribution is 7.93. The lowest BCUT2D eigenvalue weighted by Crippen LogP contribution is -2.30. The first-order chi connectivity index (χ1) is 14.0. The molecule has 3 aromatic carbocycles. The summed E-state index contributed by atoms with van der Waals surface area (Å²) in [6.07, 6.45) is 0. The van der Waals surface area contributed by atoms with Gasteiger partial charge in [0, 0.05) is 12.1 Å². The normalized spacial score (nSPS) is 21.4. The summed E-state index contributed by atoms with van der Waals surface area (Å²) < 4.78 is 26.9. The maximum atomic E-state index is 13.5. The van der Waals surface area contributed by atoms with E-state index < -0.39 is 26.1 Å². The van der Waals surface area contributed by atoms with Gasteiger partial charge in [0.05, 0.1) is 21.2 Å². The van der Waals surface area contributed by atoms with Crippen LogP contribution in [0, 0.1) is 10.1 Å². The number of nitro groups is 1. The van der Waals surface area contributed by atoms with Crippen molar-refractivity contribution in [2.45, 2.75) is 16.2 Å². The fourth-order valence-electron chi connectivity index (χ4n) is 4.02. The highest BCUT2D eigenvalue weighted by Gasteiger charge is 2.55. The number of nitrogens with zero attached hydrogens (tertiary/aromatic N) is 3. The van der Waals surface area contributed by atoms with Crippen molar-refractivity contribution in [2.75, 3.05) is 5.01 Å². The number of nitro benzene ring substituents is 1. The second kappa shape index (κ2) is 6.25. The van der Waals surface area contributed by atoms with E-state index in [1.165, 1.54) is 12.1 Å². The topological polar surface area (TPSA) is 92.9 Å². The number of benzene rings is 3. The van der Waals surface area contributed by atoms with Crippen LogP contribution in [0.3, 0.4) is 0 Å². The van der Waals surface area contributed by atoms with Crippen LogP contribution in [0.4, 0.5) is 11.4 Å². The third-order valence-electron chi connectivity index (χ3n) is 5.29. The zero-order valence-corrected chi connectivity index (χ0v) is 15.9. The number of non-ortho nitro benzene ring substituents is 1. The van der Waals surface area contributed by atoms with Crippen LogP contribution < -0.4 is 5.01 Å². The van der Waals surface area contributed by atoms with Gasteiger partial charge in [-0.3, -0.25) is 15.1 Å². The van der Waals surface area contributed by atoms with Crippen LogP contribution in [0.5, 0.6) is 0 Å². The zero-order chi connectivity index (χ0) is 20.2. The van der Waals surface area contributed by atoms with Crippen LogP contribution in [0.25, 0.3) is 0 Å². The first-order valence-electron chi connectivity index (χ1n) is 8.99. The van der Waals surface area contributed by atoms with Crippen molar-refractivity contribution in [1.82, 2.24) is 0 Å². The Labute approximate surface area is 167 Å². The SMILES string of the molecule is O=[N+]([O-])c1ccc2c(c1)S(=O)(=O)C1C(c3ccccc3)=NN(c3ccccc3)C21. The smallest absolute Gasteiger partial charge is 0.258 e. The largest absolute Gasteiger partial charge is 0.270 e. The Hall–Kier alpha value is -3.52. The van der Waals surface area contributed by atoms with Crippen molar-refractivity contribution in [3.05, 3.63) is 100 Å². The third-order valence-corrected chi connectivity index (χ3v) is 7.41. The van der Waals surface area contributed by atoms with Gasteiger partial charge in [0.15, 0.2) is 9.84 Å². The van der Waals surface area contributed by atoms with Gasteiger partial charge in [-0.05, 0) is 29.3 Å². The summed E-state index contributed by atoms with van der Waals surface area (Å²) in [7, 11) is -3.85. The highest BCUT2D eigenvalue weighted by Crippen LogP contribution is 2.49. The molecule has 0 aromatic heterocycles. The number of hydrogen-bond donors (Lipinski definition) is 0. The molecule has 144 valence electrons. The summed E-state index contributed by atoms with van der Waals surface area (Å²) in [6.45, 7) is 0. The van der Waals surface area contributed by atoms with Gasteiger partial charge in [-0.25, -0.2) is 8.42 Å². The summed E-state index contributed by atoms with van der Waals surface area (Å²) >= 11 is 0. The standard InChI is InChI=1S/C21H15N3O4S/c25-24(26)16-11-12-17-18(13-16)29(27,28)21-19(14-7-3-1-4-8-14)22-23(20(17)21)15-9-5-2-6-10-15/h1-13,20-21H. The third kappa shape index (κ3) is 2.56.